The molecule has 2 unspecified atom stereocenters. The highest BCUT2D eigenvalue weighted by Crippen LogP contribution is 2.12. The van der Waals surface area contributed by atoms with Crippen LogP contribution in [0.25, 0.3) is 0 Å². The van der Waals surface area contributed by atoms with Crippen LogP contribution in [0.3, 0.4) is 0 Å². The monoisotopic (exact) mass is 286 g/mol. The lowest BCUT2D eigenvalue weighted by atomic mass is 10.2. The predicted molar refractivity (Wildman–Crippen MR) is 75.4 cm³/mol. The van der Waals surface area contributed by atoms with Crippen molar-refractivity contribution in [1.29, 1.82) is 0 Å². The topological polar surface area (TPSA) is 67.9 Å². The fourth-order valence-corrected chi connectivity index (χ4v) is 1.98. The van der Waals surface area contributed by atoms with Crippen molar-refractivity contribution in [2.75, 3.05) is 19.7 Å². The quantitative estimate of drug-likeness (QED) is 0.854. The maximum atomic E-state index is 12.1. The summed E-state index contributed by atoms with van der Waals surface area (Å²) in [5, 5.41) is 2.60. The summed E-state index contributed by atoms with van der Waals surface area (Å²) >= 11 is 0. The standard InChI is InChI=1S/C14H26N2O4/c1-10-9-19-11(2)8-16(10)12(17)6-7-15-13(18)20-14(3,4)5/h10-11H,6-9H2,1-5H3,(H,15,18). The van der Waals surface area contributed by atoms with Crippen LogP contribution >= 0.6 is 0 Å². The highest BCUT2D eigenvalue weighted by molar-refractivity contribution is 5.77. The van der Waals surface area contributed by atoms with Crippen molar-refractivity contribution < 1.29 is 19.1 Å². The molecular formula is C14H26N2O4. The molecular weight excluding hydrogens is 260 g/mol. The van der Waals surface area contributed by atoms with Crippen molar-refractivity contribution in [3.63, 3.8) is 0 Å². The molecule has 0 aromatic carbocycles. The van der Waals surface area contributed by atoms with E-state index in [-0.39, 0.29) is 31.0 Å². The summed E-state index contributed by atoms with van der Waals surface area (Å²) in [7, 11) is 0. The number of hydrogen-bond donors (Lipinski definition) is 1. The lowest BCUT2D eigenvalue weighted by molar-refractivity contribution is -0.143. The van der Waals surface area contributed by atoms with Crippen LogP contribution in [0.15, 0.2) is 0 Å². The van der Waals surface area contributed by atoms with Gasteiger partial charge in [0.2, 0.25) is 5.91 Å². The molecule has 0 bridgehead atoms. The Bertz CT molecular complexity index is 352. The highest BCUT2D eigenvalue weighted by atomic mass is 16.6. The van der Waals surface area contributed by atoms with Crippen LogP contribution in [0.1, 0.15) is 41.0 Å². The van der Waals surface area contributed by atoms with Gasteiger partial charge in [0.05, 0.1) is 18.8 Å². The Balaban J connectivity index is 2.31. The molecule has 1 rings (SSSR count). The van der Waals surface area contributed by atoms with Gasteiger partial charge in [-0.15, -0.1) is 0 Å². The third-order valence-electron chi connectivity index (χ3n) is 2.94. The largest absolute Gasteiger partial charge is 0.444 e. The lowest BCUT2D eigenvalue weighted by Crippen LogP contribution is -2.50. The molecule has 20 heavy (non-hydrogen) atoms. The SMILES string of the molecule is CC1CN(C(=O)CCNC(=O)OC(C)(C)C)C(C)CO1. The maximum absolute atomic E-state index is 12.1. The number of amides is 2. The Morgan fingerprint density at radius 3 is 2.60 bits per heavy atom. The molecule has 6 nitrogen and oxygen atoms in total. The van der Waals surface area contributed by atoms with Crippen LogP contribution in [0.2, 0.25) is 0 Å². The molecule has 0 spiro atoms. The van der Waals surface area contributed by atoms with Gasteiger partial charge in [-0.05, 0) is 34.6 Å². The average Bonchev–Trinajstić information content (AvgIpc) is 2.29. The number of morpholine rings is 1. The summed E-state index contributed by atoms with van der Waals surface area (Å²) in [6.45, 7) is 10.8. The average molecular weight is 286 g/mol. The molecule has 0 aromatic heterocycles. The van der Waals surface area contributed by atoms with E-state index < -0.39 is 11.7 Å². The van der Waals surface area contributed by atoms with Crippen LogP contribution in [0.4, 0.5) is 4.79 Å². The van der Waals surface area contributed by atoms with Gasteiger partial charge in [-0.25, -0.2) is 4.79 Å². The second-order valence-corrected chi connectivity index (χ2v) is 6.22. The molecule has 1 saturated heterocycles. The van der Waals surface area contributed by atoms with Gasteiger partial charge >= 0.3 is 6.09 Å². The number of ether oxygens (including phenoxy) is 2. The van der Waals surface area contributed by atoms with Crippen LogP contribution in [-0.4, -0.2) is 54.3 Å². The van der Waals surface area contributed by atoms with Gasteiger partial charge in [-0.3, -0.25) is 4.79 Å². The molecule has 0 aromatic rings. The molecule has 1 heterocycles. The van der Waals surface area contributed by atoms with E-state index in [9.17, 15) is 9.59 Å². The number of carbonyl (C=O) groups excluding carboxylic acids is 2. The van der Waals surface area contributed by atoms with E-state index in [4.69, 9.17) is 9.47 Å². The van der Waals surface area contributed by atoms with E-state index in [1.165, 1.54) is 0 Å². The molecule has 116 valence electrons. The van der Waals surface area contributed by atoms with Gasteiger partial charge in [0, 0.05) is 19.5 Å². The first kappa shape index (κ1) is 16.8. The van der Waals surface area contributed by atoms with Gasteiger partial charge in [-0.2, -0.15) is 0 Å². The zero-order valence-corrected chi connectivity index (χ0v) is 13.1. The third kappa shape index (κ3) is 5.77. The summed E-state index contributed by atoms with van der Waals surface area (Å²) < 4.78 is 10.6. The van der Waals surface area contributed by atoms with E-state index >= 15 is 0 Å². The molecule has 1 N–H and O–H groups in total. The van der Waals surface area contributed by atoms with Gasteiger partial charge in [0.1, 0.15) is 5.60 Å². The van der Waals surface area contributed by atoms with Crippen molar-refractivity contribution in [3.05, 3.63) is 0 Å². The fourth-order valence-electron chi connectivity index (χ4n) is 1.98. The van der Waals surface area contributed by atoms with Gasteiger partial charge < -0.3 is 19.7 Å². The van der Waals surface area contributed by atoms with Crippen molar-refractivity contribution in [2.24, 2.45) is 0 Å². The number of nitrogens with one attached hydrogen (secondary N) is 1. The molecule has 2 amide bonds. The molecule has 2 atom stereocenters. The fraction of sp³-hybridized carbons (Fsp3) is 0.857. The summed E-state index contributed by atoms with van der Waals surface area (Å²) in [6.07, 6.45) is -0.154. The first-order chi connectivity index (χ1) is 9.19. The first-order valence-electron chi connectivity index (χ1n) is 7.07. The van der Waals surface area contributed by atoms with Crippen LogP contribution in [0.5, 0.6) is 0 Å². The second kappa shape index (κ2) is 6.92. The molecule has 0 saturated carbocycles. The van der Waals surface area contributed by atoms with E-state index in [0.717, 1.165) is 0 Å². The highest BCUT2D eigenvalue weighted by Gasteiger charge is 2.27. The Labute approximate surface area is 120 Å². The zero-order valence-electron chi connectivity index (χ0n) is 13.1. The van der Waals surface area contributed by atoms with Gasteiger partial charge in [0.25, 0.3) is 0 Å². The van der Waals surface area contributed by atoms with Crippen LogP contribution in [-0.2, 0) is 14.3 Å². The van der Waals surface area contributed by atoms with E-state index in [0.29, 0.717) is 13.2 Å². The summed E-state index contributed by atoms with van der Waals surface area (Å²) in [5.74, 6) is 0.0312. The summed E-state index contributed by atoms with van der Waals surface area (Å²) in [6, 6.07) is 0.0835. The molecule has 0 radical (unpaired) electrons. The van der Waals surface area contributed by atoms with Crippen molar-refractivity contribution in [2.45, 2.75) is 58.8 Å². The molecule has 1 aliphatic heterocycles. The smallest absolute Gasteiger partial charge is 0.407 e. The van der Waals surface area contributed by atoms with Gasteiger partial charge in [-0.1, -0.05) is 0 Å². The Hall–Kier alpha value is -1.30. The van der Waals surface area contributed by atoms with E-state index in [2.05, 4.69) is 5.32 Å². The van der Waals surface area contributed by atoms with E-state index in [1.54, 1.807) is 20.8 Å². The van der Waals surface area contributed by atoms with Crippen LogP contribution < -0.4 is 5.32 Å². The third-order valence-corrected chi connectivity index (χ3v) is 2.94. The Morgan fingerprint density at radius 1 is 1.35 bits per heavy atom. The number of alkyl carbamates (subject to hydrolysis) is 1. The normalized spacial score (nSPS) is 23.4. The van der Waals surface area contributed by atoms with Crippen molar-refractivity contribution in [1.82, 2.24) is 10.2 Å². The minimum atomic E-state index is -0.526. The number of hydrogen-bond acceptors (Lipinski definition) is 4. The molecule has 0 aliphatic carbocycles. The summed E-state index contributed by atoms with van der Waals surface area (Å²) in [5.41, 5.74) is -0.526. The van der Waals surface area contributed by atoms with E-state index in [1.807, 2.05) is 18.7 Å². The molecule has 1 aliphatic rings. The minimum absolute atomic E-state index is 0.0312. The Kier molecular flexibility index (Phi) is 5.80. The van der Waals surface area contributed by atoms with Crippen molar-refractivity contribution >= 4 is 12.0 Å². The maximum Gasteiger partial charge on any atom is 0.407 e. The van der Waals surface area contributed by atoms with Crippen molar-refractivity contribution in [3.8, 4) is 0 Å². The number of rotatable bonds is 3. The molecule has 1 fully saturated rings. The molecule has 6 heteroatoms. The summed E-state index contributed by atoms with van der Waals surface area (Å²) in [4.78, 5) is 25.4. The first-order valence-corrected chi connectivity index (χ1v) is 7.07. The second-order valence-electron chi connectivity index (χ2n) is 6.22. The number of nitrogens with zero attached hydrogens (tertiary/aromatic N) is 1. The Morgan fingerprint density at radius 2 is 2.00 bits per heavy atom. The minimum Gasteiger partial charge on any atom is -0.444 e. The predicted octanol–water partition coefficient (Wildman–Crippen LogP) is 1.54. The zero-order chi connectivity index (χ0) is 15.3. The van der Waals surface area contributed by atoms with Gasteiger partial charge in [0.15, 0.2) is 0 Å². The number of carbonyl (C=O) groups is 2. The van der Waals surface area contributed by atoms with Crippen LogP contribution in [0, 0.1) is 0 Å². The lowest BCUT2D eigenvalue weighted by Gasteiger charge is -2.36.